The second-order valence-electron chi connectivity index (χ2n) is 4.51. The highest BCUT2D eigenvalue weighted by atomic mass is 15.1. The summed E-state index contributed by atoms with van der Waals surface area (Å²) in [5.74, 6) is 1.23. The summed E-state index contributed by atoms with van der Waals surface area (Å²) < 4.78 is 0. The van der Waals surface area contributed by atoms with Crippen LogP contribution in [0.3, 0.4) is 0 Å². The van der Waals surface area contributed by atoms with Crippen LogP contribution in [-0.2, 0) is 6.42 Å². The van der Waals surface area contributed by atoms with Crippen molar-refractivity contribution >= 4 is 5.95 Å². The Labute approximate surface area is 101 Å². The zero-order valence-electron chi connectivity index (χ0n) is 10.1. The number of nitrogens with one attached hydrogen (secondary N) is 1. The first-order valence-electron chi connectivity index (χ1n) is 5.92. The molecule has 86 valence electrons. The number of anilines is 1. The fraction of sp³-hybridized carbons (Fsp3) is 0.286. The van der Waals surface area contributed by atoms with E-state index < -0.39 is 0 Å². The molecule has 1 aromatic heterocycles. The largest absolute Gasteiger partial charge is 0.357 e. The molecule has 1 N–H and O–H groups in total. The Balaban J connectivity index is 2.23. The van der Waals surface area contributed by atoms with Crippen molar-refractivity contribution in [3.05, 3.63) is 41.6 Å². The lowest BCUT2D eigenvalue weighted by Crippen LogP contribution is -2.11. The van der Waals surface area contributed by atoms with Crippen LogP contribution in [0.5, 0.6) is 0 Å². The SMILES string of the molecule is CNc1ncc2c(n1)-c1ccccc1C(C)C2. The van der Waals surface area contributed by atoms with Crippen molar-refractivity contribution in [1.82, 2.24) is 9.97 Å². The van der Waals surface area contributed by atoms with Crippen molar-refractivity contribution in [3.8, 4) is 11.3 Å². The van der Waals surface area contributed by atoms with Crippen molar-refractivity contribution in [1.29, 1.82) is 0 Å². The summed E-state index contributed by atoms with van der Waals surface area (Å²) in [6.45, 7) is 2.26. The lowest BCUT2D eigenvalue weighted by Gasteiger charge is -2.24. The number of hydrogen-bond donors (Lipinski definition) is 1. The van der Waals surface area contributed by atoms with Gasteiger partial charge in [0.2, 0.25) is 5.95 Å². The Bertz CT molecular complexity index is 563. The summed E-state index contributed by atoms with van der Waals surface area (Å²) in [7, 11) is 1.85. The van der Waals surface area contributed by atoms with Gasteiger partial charge in [-0.2, -0.15) is 0 Å². The standard InChI is InChI=1S/C14H15N3/c1-9-7-10-8-16-14(15-2)17-13(10)12-6-4-3-5-11(9)12/h3-6,8-9H,7H2,1-2H3,(H,15,16,17). The molecule has 3 nitrogen and oxygen atoms in total. The Hall–Kier alpha value is -1.90. The molecule has 17 heavy (non-hydrogen) atoms. The third kappa shape index (κ3) is 1.58. The van der Waals surface area contributed by atoms with E-state index in [1.807, 2.05) is 13.2 Å². The summed E-state index contributed by atoms with van der Waals surface area (Å²) in [4.78, 5) is 8.88. The fourth-order valence-electron chi connectivity index (χ4n) is 2.49. The van der Waals surface area contributed by atoms with Gasteiger partial charge in [0.1, 0.15) is 0 Å². The van der Waals surface area contributed by atoms with Crippen LogP contribution in [0.2, 0.25) is 0 Å². The molecule has 3 heteroatoms. The van der Waals surface area contributed by atoms with Crippen molar-refractivity contribution in [2.45, 2.75) is 19.3 Å². The van der Waals surface area contributed by atoms with Crippen molar-refractivity contribution in [2.24, 2.45) is 0 Å². The molecule has 0 amide bonds. The van der Waals surface area contributed by atoms with E-state index in [4.69, 9.17) is 0 Å². The second-order valence-corrected chi connectivity index (χ2v) is 4.51. The molecule has 1 atom stereocenters. The van der Waals surface area contributed by atoms with Gasteiger partial charge in [-0.05, 0) is 23.5 Å². The molecule has 1 heterocycles. The first-order valence-corrected chi connectivity index (χ1v) is 5.92. The van der Waals surface area contributed by atoms with Gasteiger partial charge in [0.25, 0.3) is 0 Å². The molecule has 1 aromatic carbocycles. The van der Waals surface area contributed by atoms with Crippen LogP contribution in [0.1, 0.15) is 24.0 Å². The molecule has 1 aliphatic carbocycles. The summed E-state index contributed by atoms with van der Waals surface area (Å²) in [5, 5.41) is 3.00. The van der Waals surface area contributed by atoms with Crippen molar-refractivity contribution in [2.75, 3.05) is 12.4 Å². The molecular weight excluding hydrogens is 210 g/mol. The highest BCUT2D eigenvalue weighted by Crippen LogP contribution is 2.37. The van der Waals surface area contributed by atoms with E-state index in [2.05, 4.69) is 46.5 Å². The van der Waals surface area contributed by atoms with Gasteiger partial charge in [-0.1, -0.05) is 31.2 Å². The van der Waals surface area contributed by atoms with Crippen LogP contribution in [0.15, 0.2) is 30.5 Å². The van der Waals surface area contributed by atoms with Gasteiger partial charge in [-0.25, -0.2) is 9.97 Å². The van der Waals surface area contributed by atoms with E-state index in [1.54, 1.807) is 0 Å². The summed E-state index contributed by atoms with van der Waals surface area (Å²) >= 11 is 0. The predicted molar refractivity (Wildman–Crippen MR) is 69.1 cm³/mol. The van der Waals surface area contributed by atoms with Crippen LogP contribution in [0.25, 0.3) is 11.3 Å². The number of benzene rings is 1. The normalized spacial score (nSPS) is 17.2. The van der Waals surface area contributed by atoms with Gasteiger partial charge in [-0.3, -0.25) is 0 Å². The van der Waals surface area contributed by atoms with Gasteiger partial charge < -0.3 is 5.32 Å². The molecule has 0 fully saturated rings. The van der Waals surface area contributed by atoms with Crippen LogP contribution >= 0.6 is 0 Å². The van der Waals surface area contributed by atoms with E-state index in [-0.39, 0.29) is 0 Å². The fourth-order valence-corrected chi connectivity index (χ4v) is 2.49. The zero-order valence-corrected chi connectivity index (χ0v) is 10.1. The lowest BCUT2D eigenvalue weighted by atomic mass is 9.83. The minimum Gasteiger partial charge on any atom is -0.357 e. The Morgan fingerprint density at radius 3 is 2.94 bits per heavy atom. The predicted octanol–water partition coefficient (Wildman–Crippen LogP) is 2.84. The third-order valence-corrected chi connectivity index (χ3v) is 3.36. The van der Waals surface area contributed by atoms with Gasteiger partial charge >= 0.3 is 0 Å². The molecule has 0 radical (unpaired) electrons. The number of nitrogens with zero attached hydrogens (tertiary/aromatic N) is 2. The van der Waals surface area contributed by atoms with Gasteiger partial charge in [0.05, 0.1) is 5.69 Å². The molecule has 0 aliphatic heterocycles. The lowest BCUT2D eigenvalue weighted by molar-refractivity contribution is 0.740. The van der Waals surface area contributed by atoms with E-state index in [1.165, 1.54) is 16.7 Å². The first kappa shape index (κ1) is 10.3. The maximum absolute atomic E-state index is 4.59. The third-order valence-electron chi connectivity index (χ3n) is 3.36. The minimum atomic E-state index is 0.544. The molecule has 0 bridgehead atoms. The highest BCUT2D eigenvalue weighted by molar-refractivity contribution is 5.71. The topological polar surface area (TPSA) is 37.8 Å². The number of rotatable bonds is 1. The second kappa shape index (κ2) is 3.84. The molecule has 0 saturated carbocycles. The Morgan fingerprint density at radius 2 is 2.12 bits per heavy atom. The van der Waals surface area contributed by atoms with Crippen molar-refractivity contribution < 1.29 is 0 Å². The highest BCUT2D eigenvalue weighted by Gasteiger charge is 2.22. The molecule has 1 unspecified atom stereocenters. The molecular formula is C14H15N3. The number of hydrogen-bond acceptors (Lipinski definition) is 3. The zero-order chi connectivity index (χ0) is 11.8. The van der Waals surface area contributed by atoms with E-state index >= 15 is 0 Å². The average Bonchev–Trinajstić information content (AvgIpc) is 2.39. The van der Waals surface area contributed by atoms with Crippen LogP contribution in [0, 0.1) is 0 Å². The molecule has 1 aliphatic rings. The number of fused-ring (bicyclic) bond motifs is 3. The maximum Gasteiger partial charge on any atom is 0.222 e. The molecule has 2 aromatic rings. The summed E-state index contributed by atoms with van der Waals surface area (Å²) in [6.07, 6.45) is 2.97. The van der Waals surface area contributed by atoms with E-state index in [0.717, 1.165) is 12.1 Å². The van der Waals surface area contributed by atoms with Gasteiger partial charge in [0.15, 0.2) is 0 Å². The summed E-state index contributed by atoms with van der Waals surface area (Å²) in [6, 6.07) is 8.52. The average molecular weight is 225 g/mol. The van der Waals surface area contributed by atoms with Gasteiger partial charge in [0, 0.05) is 18.8 Å². The maximum atomic E-state index is 4.59. The van der Waals surface area contributed by atoms with Crippen molar-refractivity contribution in [3.63, 3.8) is 0 Å². The van der Waals surface area contributed by atoms with E-state index in [9.17, 15) is 0 Å². The van der Waals surface area contributed by atoms with E-state index in [0.29, 0.717) is 11.9 Å². The van der Waals surface area contributed by atoms with Crippen LogP contribution < -0.4 is 5.32 Å². The monoisotopic (exact) mass is 225 g/mol. The van der Waals surface area contributed by atoms with Crippen LogP contribution in [0.4, 0.5) is 5.95 Å². The summed E-state index contributed by atoms with van der Waals surface area (Å²) in [5.41, 5.74) is 4.97. The molecule has 3 rings (SSSR count). The minimum absolute atomic E-state index is 0.544. The van der Waals surface area contributed by atoms with Crippen LogP contribution in [-0.4, -0.2) is 17.0 Å². The Kier molecular flexibility index (Phi) is 2.32. The van der Waals surface area contributed by atoms with Gasteiger partial charge in [-0.15, -0.1) is 0 Å². The smallest absolute Gasteiger partial charge is 0.222 e. The molecule has 0 spiro atoms. The number of aromatic nitrogens is 2. The quantitative estimate of drug-likeness (QED) is 0.811. The molecule has 0 saturated heterocycles. The Morgan fingerprint density at radius 1 is 1.29 bits per heavy atom. The first-order chi connectivity index (χ1) is 8.29.